The molecular formula is C14H22N2O2S. The molecule has 2 atom stereocenters. The Balaban J connectivity index is 2.19. The Bertz CT molecular complexity index is 515. The van der Waals surface area contributed by atoms with Crippen LogP contribution in [0.25, 0.3) is 0 Å². The summed E-state index contributed by atoms with van der Waals surface area (Å²) in [6.07, 6.45) is 3.01. The standard InChI is InChI=1S/C14H22N2O2S/c1-11-4-3-5-12(2)16(11)19(17,18)10-13-6-8-14(15)9-7-13/h6-9,11-12H,3-5,10,15H2,1-2H3/t11-,12+. The lowest BCUT2D eigenvalue weighted by Crippen LogP contribution is -2.47. The topological polar surface area (TPSA) is 63.4 Å². The van der Waals surface area contributed by atoms with Gasteiger partial charge in [-0.25, -0.2) is 8.42 Å². The summed E-state index contributed by atoms with van der Waals surface area (Å²) in [7, 11) is -3.26. The summed E-state index contributed by atoms with van der Waals surface area (Å²) >= 11 is 0. The fourth-order valence-electron chi connectivity index (χ4n) is 2.84. The van der Waals surface area contributed by atoms with E-state index in [1.165, 1.54) is 0 Å². The van der Waals surface area contributed by atoms with Gasteiger partial charge < -0.3 is 5.73 Å². The summed E-state index contributed by atoms with van der Waals surface area (Å²) in [5.41, 5.74) is 7.06. The van der Waals surface area contributed by atoms with Crippen molar-refractivity contribution in [2.24, 2.45) is 0 Å². The lowest BCUT2D eigenvalue weighted by atomic mass is 10.0. The lowest BCUT2D eigenvalue weighted by molar-refractivity contribution is 0.204. The van der Waals surface area contributed by atoms with Crippen LogP contribution in [-0.4, -0.2) is 24.8 Å². The molecular weight excluding hydrogens is 260 g/mol. The first kappa shape index (κ1) is 14.3. The molecule has 0 amide bonds. The van der Waals surface area contributed by atoms with Gasteiger partial charge in [-0.2, -0.15) is 4.31 Å². The number of rotatable bonds is 3. The number of benzene rings is 1. The molecule has 0 unspecified atom stereocenters. The number of nitrogen functional groups attached to an aromatic ring is 1. The third-order valence-electron chi connectivity index (χ3n) is 3.76. The van der Waals surface area contributed by atoms with Crippen LogP contribution in [0.3, 0.4) is 0 Å². The maximum Gasteiger partial charge on any atom is 0.218 e. The minimum Gasteiger partial charge on any atom is -0.399 e. The molecule has 0 saturated carbocycles. The Hall–Kier alpha value is -1.07. The minimum atomic E-state index is -3.26. The summed E-state index contributed by atoms with van der Waals surface area (Å²) in [6.45, 7) is 3.99. The molecule has 4 nitrogen and oxygen atoms in total. The zero-order valence-electron chi connectivity index (χ0n) is 11.5. The number of nitrogens with two attached hydrogens (primary N) is 1. The van der Waals surface area contributed by atoms with Crippen LogP contribution in [0.2, 0.25) is 0 Å². The predicted octanol–water partition coefficient (Wildman–Crippen LogP) is 2.36. The molecule has 0 aliphatic carbocycles. The molecule has 1 fully saturated rings. The van der Waals surface area contributed by atoms with Gasteiger partial charge in [0.05, 0.1) is 5.75 Å². The highest BCUT2D eigenvalue weighted by Crippen LogP contribution is 2.27. The zero-order chi connectivity index (χ0) is 14.0. The van der Waals surface area contributed by atoms with Crippen LogP contribution in [0.4, 0.5) is 5.69 Å². The molecule has 0 radical (unpaired) electrons. The molecule has 5 heteroatoms. The molecule has 1 aromatic carbocycles. The second-order valence-corrected chi connectivity index (χ2v) is 7.33. The van der Waals surface area contributed by atoms with Crippen LogP contribution < -0.4 is 5.73 Å². The van der Waals surface area contributed by atoms with E-state index in [1.54, 1.807) is 28.6 Å². The third-order valence-corrected chi connectivity index (χ3v) is 5.82. The third kappa shape index (κ3) is 3.28. The SMILES string of the molecule is C[C@@H]1CCC[C@H](C)N1S(=O)(=O)Cc1ccc(N)cc1. The molecule has 2 N–H and O–H groups in total. The van der Waals surface area contributed by atoms with E-state index in [4.69, 9.17) is 5.73 Å². The first-order valence-corrected chi connectivity index (χ1v) is 8.36. The normalized spacial score (nSPS) is 25.4. The smallest absolute Gasteiger partial charge is 0.218 e. The summed E-state index contributed by atoms with van der Waals surface area (Å²) in [6, 6.07) is 7.25. The van der Waals surface area contributed by atoms with E-state index in [-0.39, 0.29) is 17.8 Å². The molecule has 2 rings (SSSR count). The number of nitrogens with zero attached hydrogens (tertiary/aromatic N) is 1. The Morgan fingerprint density at radius 3 is 2.21 bits per heavy atom. The monoisotopic (exact) mass is 282 g/mol. The van der Waals surface area contributed by atoms with Crippen molar-refractivity contribution in [1.82, 2.24) is 4.31 Å². The molecule has 106 valence electrons. The highest BCUT2D eigenvalue weighted by molar-refractivity contribution is 7.88. The Morgan fingerprint density at radius 2 is 1.68 bits per heavy atom. The fourth-order valence-corrected chi connectivity index (χ4v) is 4.92. The quantitative estimate of drug-likeness (QED) is 0.866. The minimum absolute atomic E-state index is 0.0575. The van der Waals surface area contributed by atoms with Gasteiger partial charge in [-0.1, -0.05) is 18.6 Å². The number of sulfonamides is 1. The van der Waals surface area contributed by atoms with Crippen molar-refractivity contribution >= 4 is 15.7 Å². The number of anilines is 1. The van der Waals surface area contributed by atoms with Crippen LogP contribution in [0, 0.1) is 0 Å². The largest absolute Gasteiger partial charge is 0.399 e. The molecule has 1 heterocycles. The first-order valence-electron chi connectivity index (χ1n) is 6.76. The molecule has 1 aliphatic heterocycles. The van der Waals surface area contributed by atoms with E-state index < -0.39 is 10.0 Å². The molecule has 0 bridgehead atoms. The highest BCUT2D eigenvalue weighted by atomic mass is 32.2. The molecule has 0 spiro atoms. The van der Waals surface area contributed by atoms with Gasteiger partial charge in [-0.05, 0) is 44.4 Å². The van der Waals surface area contributed by atoms with Gasteiger partial charge >= 0.3 is 0 Å². The molecule has 1 saturated heterocycles. The average molecular weight is 282 g/mol. The van der Waals surface area contributed by atoms with E-state index >= 15 is 0 Å². The zero-order valence-corrected chi connectivity index (χ0v) is 12.4. The van der Waals surface area contributed by atoms with E-state index in [0.29, 0.717) is 5.69 Å². The molecule has 1 aliphatic rings. The second kappa shape index (κ2) is 5.51. The van der Waals surface area contributed by atoms with E-state index in [1.807, 2.05) is 13.8 Å². The number of hydrogen-bond donors (Lipinski definition) is 1. The number of hydrogen-bond acceptors (Lipinski definition) is 3. The van der Waals surface area contributed by atoms with Gasteiger partial charge in [0.1, 0.15) is 0 Å². The highest BCUT2D eigenvalue weighted by Gasteiger charge is 2.34. The van der Waals surface area contributed by atoms with Crippen molar-refractivity contribution < 1.29 is 8.42 Å². The van der Waals surface area contributed by atoms with Gasteiger partial charge in [0, 0.05) is 17.8 Å². The van der Waals surface area contributed by atoms with Gasteiger partial charge in [0.25, 0.3) is 0 Å². The second-order valence-electron chi connectivity index (χ2n) is 5.46. The van der Waals surface area contributed by atoms with E-state index in [9.17, 15) is 8.42 Å². The molecule has 1 aromatic rings. The maximum absolute atomic E-state index is 12.6. The van der Waals surface area contributed by atoms with Gasteiger partial charge in [-0.3, -0.25) is 0 Å². The number of piperidine rings is 1. The van der Waals surface area contributed by atoms with Crippen molar-refractivity contribution in [3.05, 3.63) is 29.8 Å². The first-order chi connectivity index (χ1) is 8.90. The van der Waals surface area contributed by atoms with Crippen LogP contribution in [0.1, 0.15) is 38.7 Å². The van der Waals surface area contributed by atoms with Gasteiger partial charge in [0.2, 0.25) is 10.0 Å². The Labute approximate surface area is 115 Å². The van der Waals surface area contributed by atoms with Crippen LogP contribution >= 0.6 is 0 Å². The Morgan fingerprint density at radius 1 is 1.16 bits per heavy atom. The summed E-state index contributed by atoms with van der Waals surface area (Å²) in [5.74, 6) is 0.0575. The Kier molecular flexibility index (Phi) is 4.16. The average Bonchev–Trinajstić information content (AvgIpc) is 2.31. The summed E-state index contributed by atoms with van der Waals surface area (Å²) in [5, 5.41) is 0. The van der Waals surface area contributed by atoms with Gasteiger partial charge in [0.15, 0.2) is 0 Å². The molecule has 19 heavy (non-hydrogen) atoms. The predicted molar refractivity (Wildman–Crippen MR) is 78.1 cm³/mol. The van der Waals surface area contributed by atoms with Gasteiger partial charge in [-0.15, -0.1) is 0 Å². The van der Waals surface area contributed by atoms with Crippen molar-refractivity contribution in [2.75, 3.05) is 5.73 Å². The van der Waals surface area contributed by atoms with E-state index in [2.05, 4.69) is 0 Å². The maximum atomic E-state index is 12.6. The van der Waals surface area contributed by atoms with Crippen molar-refractivity contribution in [1.29, 1.82) is 0 Å². The van der Waals surface area contributed by atoms with Crippen molar-refractivity contribution in [3.8, 4) is 0 Å². The fraction of sp³-hybridized carbons (Fsp3) is 0.571. The lowest BCUT2D eigenvalue weighted by Gasteiger charge is -2.37. The van der Waals surface area contributed by atoms with Crippen molar-refractivity contribution in [3.63, 3.8) is 0 Å². The summed E-state index contributed by atoms with van der Waals surface area (Å²) < 4.78 is 26.8. The van der Waals surface area contributed by atoms with Crippen LogP contribution in [0.5, 0.6) is 0 Å². The summed E-state index contributed by atoms with van der Waals surface area (Å²) in [4.78, 5) is 0. The van der Waals surface area contributed by atoms with Crippen LogP contribution in [-0.2, 0) is 15.8 Å². The molecule has 0 aromatic heterocycles. The van der Waals surface area contributed by atoms with Crippen molar-refractivity contribution in [2.45, 2.75) is 50.9 Å². The van der Waals surface area contributed by atoms with E-state index in [0.717, 1.165) is 24.8 Å². The van der Waals surface area contributed by atoms with Crippen LogP contribution in [0.15, 0.2) is 24.3 Å².